The Labute approximate surface area is 177 Å². The average molecular weight is 443 g/mol. The Morgan fingerprint density at radius 2 is 1.68 bits per heavy atom. The van der Waals surface area contributed by atoms with Crippen molar-refractivity contribution in [1.29, 1.82) is 0 Å². The number of nitrogens with one attached hydrogen (secondary N) is 2. The van der Waals surface area contributed by atoms with E-state index in [0.717, 1.165) is 19.2 Å². The third-order valence-corrected chi connectivity index (χ3v) is 4.34. The minimum atomic E-state index is -2.88. The number of hydrogen-bond acceptors (Lipinski definition) is 5. The second-order valence-corrected chi connectivity index (χ2v) is 6.18. The van der Waals surface area contributed by atoms with Crippen LogP contribution < -0.4 is 15.5 Å². The summed E-state index contributed by atoms with van der Waals surface area (Å²) in [6.45, 7) is -0.708. The fourth-order valence-corrected chi connectivity index (χ4v) is 2.89. The third kappa shape index (κ3) is 4.23. The Balaban J connectivity index is 1.99. The molecule has 0 saturated carbocycles. The molecule has 0 bridgehead atoms. The van der Waals surface area contributed by atoms with Gasteiger partial charge in [0.05, 0.1) is 48.2 Å². The van der Waals surface area contributed by atoms with E-state index in [0.29, 0.717) is 0 Å². The lowest BCUT2D eigenvalue weighted by Gasteiger charge is -2.14. The molecule has 2 amide bonds. The van der Waals surface area contributed by atoms with Gasteiger partial charge in [0.1, 0.15) is 11.4 Å². The third-order valence-electron chi connectivity index (χ3n) is 4.34. The van der Waals surface area contributed by atoms with Crippen LogP contribution >= 0.6 is 0 Å². The fraction of sp³-hybridized carbons (Fsp3) is 0.200. The van der Waals surface area contributed by atoms with Crippen molar-refractivity contribution in [3.63, 3.8) is 0 Å². The van der Waals surface area contributed by atoms with Gasteiger partial charge in [-0.1, -0.05) is 12.1 Å². The van der Waals surface area contributed by atoms with E-state index in [9.17, 15) is 27.2 Å². The molecule has 0 radical (unpaired) electrons. The van der Waals surface area contributed by atoms with Crippen molar-refractivity contribution >= 4 is 17.5 Å². The van der Waals surface area contributed by atoms with Crippen LogP contribution in [-0.4, -0.2) is 39.2 Å². The number of ether oxygens (including phenoxy) is 2. The number of amides is 2. The normalized spacial score (nSPS) is 15.2. The average Bonchev–Trinajstić information content (AvgIpc) is 3.25. The van der Waals surface area contributed by atoms with Gasteiger partial charge in [-0.05, 0) is 17.7 Å². The molecule has 1 heterocycles. The Hall–Kier alpha value is -3.44. The van der Waals surface area contributed by atoms with Gasteiger partial charge in [-0.15, -0.1) is 0 Å². The monoisotopic (exact) mass is 443 g/mol. The molecule has 3 rings (SSSR count). The highest BCUT2D eigenvalue weighted by molar-refractivity contribution is 6.10. The van der Waals surface area contributed by atoms with Crippen LogP contribution in [0.25, 0.3) is 11.1 Å². The first-order chi connectivity index (χ1) is 15.9. The summed E-state index contributed by atoms with van der Waals surface area (Å²) in [4.78, 5) is 28.8. The van der Waals surface area contributed by atoms with Gasteiger partial charge in [0, 0.05) is 0 Å². The first-order valence-electron chi connectivity index (χ1n) is 10.0. The van der Waals surface area contributed by atoms with Gasteiger partial charge in [-0.3, -0.25) is 14.4 Å². The maximum absolute atomic E-state index is 14.8. The quantitative estimate of drug-likeness (QED) is 0.408. The Morgan fingerprint density at radius 1 is 1.03 bits per heavy atom. The first kappa shape index (κ1) is 18.3. The Kier molecular flexibility index (Phi) is 5.41. The van der Waals surface area contributed by atoms with Crippen LogP contribution in [0.1, 0.15) is 4.11 Å². The maximum atomic E-state index is 14.8. The molecule has 2 aromatic carbocycles. The zero-order chi connectivity index (χ0) is 25.2. The highest BCUT2D eigenvalue weighted by Gasteiger charge is 2.31. The number of carbonyl (C=O) groups is 2. The lowest BCUT2D eigenvalue weighted by atomic mass is 10.0. The lowest BCUT2D eigenvalue weighted by molar-refractivity contribution is -0.127. The molecule has 0 fully saturated rings. The van der Waals surface area contributed by atoms with Crippen molar-refractivity contribution in [1.82, 2.24) is 5.48 Å². The molecule has 0 unspecified atom stereocenters. The number of hydroxylamine groups is 1. The summed E-state index contributed by atoms with van der Waals surface area (Å²) in [6, 6.07) is 4.29. The van der Waals surface area contributed by atoms with Crippen molar-refractivity contribution in [2.75, 3.05) is 32.7 Å². The lowest BCUT2D eigenvalue weighted by Crippen LogP contribution is -2.27. The van der Waals surface area contributed by atoms with Crippen LogP contribution in [0.2, 0.25) is 0 Å². The van der Waals surface area contributed by atoms with E-state index in [1.54, 1.807) is 5.32 Å². The van der Waals surface area contributed by atoms with Gasteiger partial charge in [0.25, 0.3) is 11.8 Å². The highest BCUT2D eigenvalue weighted by atomic mass is 19.2. The molecule has 0 aliphatic carbocycles. The van der Waals surface area contributed by atoms with Crippen LogP contribution in [-0.2, 0) is 19.2 Å². The maximum Gasteiger partial charge on any atom is 0.273 e. The number of methoxy groups -OCH3 is 1. The molecule has 2 N–H and O–H groups in total. The highest BCUT2D eigenvalue weighted by Crippen LogP contribution is 2.36. The number of benzene rings is 2. The van der Waals surface area contributed by atoms with E-state index in [1.807, 2.05) is 5.48 Å². The van der Waals surface area contributed by atoms with Gasteiger partial charge in [0.2, 0.25) is 0 Å². The minimum absolute atomic E-state index is 0.205. The first-order valence-corrected chi connectivity index (χ1v) is 8.54. The van der Waals surface area contributed by atoms with E-state index in [-0.39, 0.29) is 23.5 Å². The summed E-state index contributed by atoms with van der Waals surface area (Å²) in [5, 5.41) is 1.72. The van der Waals surface area contributed by atoms with Gasteiger partial charge in [-0.25, -0.2) is 23.0 Å². The number of halogens is 4. The molecule has 2 aromatic rings. The molecule has 7 nitrogen and oxygen atoms in total. The summed E-state index contributed by atoms with van der Waals surface area (Å²) in [7, 11) is -1.74. The molecule has 1 aliphatic rings. The van der Waals surface area contributed by atoms with Crippen molar-refractivity contribution in [2.24, 2.45) is 0 Å². The zero-order valence-electron chi connectivity index (χ0n) is 18.8. The summed E-state index contributed by atoms with van der Waals surface area (Å²) in [5.74, 6) is -9.96. The van der Waals surface area contributed by atoms with Gasteiger partial charge in [0.15, 0.2) is 23.3 Å². The van der Waals surface area contributed by atoms with E-state index in [2.05, 4.69) is 9.57 Å². The number of carbonyl (C=O) groups excluding carboxylic acids is 2. The van der Waals surface area contributed by atoms with Crippen molar-refractivity contribution in [3.8, 4) is 16.9 Å². The van der Waals surface area contributed by atoms with Gasteiger partial charge >= 0.3 is 0 Å². The second kappa shape index (κ2) is 9.14. The Bertz CT molecular complexity index is 1160. The van der Waals surface area contributed by atoms with Gasteiger partial charge in [-0.2, -0.15) is 0 Å². The molecule has 1 aliphatic heterocycles. The van der Waals surface area contributed by atoms with Crippen LogP contribution in [0.15, 0.2) is 35.4 Å². The second-order valence-electron chi connectivity index (χ2n) is 6.18. The summed E-state index contributed by atoms with van der Waals surface area (Å²) in [6.07, 6.45) is 0. The summed E-state index contributed by atoms with van der Waals surface area (Å²) < 4.78 is 89.9. The smallest absolute Gasteiger partial charge is 0.273 e. The van der Waals surface area contributed by atoms with Crippen molar-refractivity contribution < 1.29 is 45.6 Å². The molecule has 11 heteroatoms. The molecule has 0 aromatic heterocycles. The fourth-order valence-electron chi connectivity index (χ4n) is 2.89. The van der Waals surface area contributed by atoms with Crippen LogP contribution in [0, 0.1) is 23.3 Å². The molecular weight excluding hydrogens is 424 g/mol. The molecule has 164 valence electrons. The van der Waals surface area contributed by atoms with Crippen LogP contribution in [0.4, 0.5) is 23.2 Å². The number of hydrogen-bond donors (Lipinski definition) is 2. The number of rotatable bonds is 6. The molecule has 0 atom stereocenters. The standard InChI is InChI=1S/C20H16F4N2O5/c1-29-10-5-3-4-9(6-10)13-14(21)16(23)18(17(24)15(13)22)25-19(27)11-7-31-8-12(11)20(28)26-30-2/h3-6H,7-8H2,1-2H3,(H,25,27)(H,26,28)/i1D3. The largest absolute Gasteiger partial charge is 0.497 e. The topological polar surface area (TPSA) is 85.9 Å². The predicted octanol–water partition coefficient (Wildman–Crippen LogP) is 2.86. The van der Waals surface area contributed by atoms with Crippen LogP contribution in [0.5, 0.6) is 5.75 Å². The predicted molar refractivity (Wildman–Crippen MR) is 99.9 cm³/mol. The SMILES string of the molecule is [2H]C([2H])([2H])Oc1cccc(-c2c(F)c(F)c(NC(=O)C3=C(C(=O)NOC)COC3)c(F)c2F)c1. The van der Waals surface area contributed by atoms with E-state index in [4.69, 9.17) is 8.85 Å². The zero-order valence-corrected chi connectivity index (χ0v) is 15.8. The molecule has 0 saturated heterocycles. The Morgan fingerprint density at radius 3 is 2.29 bits per heavy atom. The minimum Gasteiger partial charge on any atom is -0.497 e. The molecule has 0 spiro atoms. The molecule has 31 heavy (non-hydrogen) atoms. The van der Waals surface area contributed by atoms with Crippen LogP contribution in [0.3, 0.4) is 0 Å². The van der Waals surface area contributed by atoms with E-state index < -0.39 is 65.5 Å². The summed E-state index contributed by atoms with van der Waals surface area (Å²) >= 11 is 0. The molecular formula is C20H16F4N2O5. The number of anilines is 1. The van der Waals surface area contributed by atoms with E-state index >= 15 is 0 Å². The van der Waals surface area contributed by atoms with E-state index in [1.165, 1.54) is 12.1 Å². The summed E-state index contributed by atoms with van der Waals surface area (Å²) in [5.41, 5.74) is -1.57. The van der Waals surface area contributed by atoms with Crippen molar-refractivity contribution in [2.45, 2.75) is 0 Å². The van der Waals surface area contributed by atoms with Gasteiger partial charge < -0.3 is 14.8 Å². The van der Waals surface area contributed by atoms with Crippen molar-refractivity contribution in [3.05, 3.63) is 58.7 Å².